The summed E-state index contributed by atoms with van der Waals surface area (Å²) in [6, 6.07) is 18.2. The molecule has 2 unspecified atom stereocenters. The molecule has 1 heterocycles. The molecule has 0 radical (unpaired) electrons. The van der Waals surface area contributed by atoms with E-state index in [0.717, 1.165) is 19.6 Å². The maximum Gasteiger partial charge on any atom is 0.0335 e. The SMILES string of the molecule is c1ccc2c(c1)CC2CNC1CCNCc2ccccc21. The molecule has 0 aromatic heterocycles. The molecule has 2 atom stereocenters. The number of hydrogen-bond donors (Lipinski definition) is 2. The lowest BCUT2D eigenvalue weighted by atomic mass is 9.77. The molecule has 2 aromatic rings. The van der Waals surface area contributed by atoms with Gasteiger partial charge in [-0.3, -0.25) is 0 Å². The van der Waals surface area contributed by atoms with Gasteiger partial charge >= 0.3 is 0 Å². The molecule has 0 saturated carbocycles. The van der Waals surface area contributed by atoms with Gasteiger partial charge in [0.25, 0.3) is 0 Å². The van der Waals surface area contributed by atoms with Crippen molar-refractivity contribution in [3.8, 4) is 0 Å². The maximum atomic E-state index is 3.82. The van der Waals surface area contributed by atoms with Gasteiger partial charge in [-0.15, -0.1) is 0 Å². The lowest BCUT2D eigenvalue weighted by molar-refractivity contribution is 0.450. The summed E-state index contributed by atoms with van der Waals surface area (Å²) in [4.78, 5) is 0. The predicted octanol–water partition coefficient (Wildman–Crippen LogP) is 3.15. The van der Waals surface area contributed by atoms with Crippen molar-refractivity contribution in [3.63, 3.8) is 0 Å². The molecule has 1 aliphatic carbocycles. The lowest BCUT2D eigenvalue weighted by Crippen LogP contribution is -2.32. The van der Waals surface area contributed by atoms with Crippen molar-refractivity contribution in [2.24, 2.45) is 0 Å². The number of benzene rings is 2. The molecule has 2 nitrogen and oxygen atoms in total. The van der Waals surface area contributed by atoms with Gasteiger partial charge in [0, 0.05) is 25.0 Å². The van der Waals surface area contributed by atoms with Crippen LogP contribution in [0.15, 0.2) is 48.5 Å². The van der Waals surface area contributed by atoms with Crippen molar-refractivity contribution >= 4 is 0 Å². The molecule has 2 aliphatic rings. The van der Waals surface area contributed by atoms with E-state index in [9.17, 15) is 0 Å². The van der Waals surface area contributed by atoms with E-state index in [1.165, 1.54) is 29.5 Å². The van der Waals surface area contributed by atoms with Crippen molar-refractivity contribution in [2.45, 2.75) is 31.3 Å². The molecule has 2 N–H and O–H groups in total. The molecular weight excluding hydrogens is 256 g/mol. The summed E-state index contributed by atoms with van der Waals surface area (Å²) in [6.45, 7) is 3.18. The highest BCUT2D eigenvalue weighted by atomic mass is 14.9. The van der Waals surface area contributed by atoms with Gasteiger partial charge in [-0.05, 0) is 41.6 Å². The first-order chi connectivity index (χ1) is 10.4. The van der Waals surface area contributed by atoms with E-state index >= 15 is 0 Å². The lowest BCUT2D eigenvalue weighted by Gasteiger charge is -2.32. The summed E-state index contributed by atoms with van der Waals surface area (Å²) in [5.74, 6) is 0.699. The van der Waals surface area contributed by atoms with E-state index in [0.29, 0.717) is 12.0 Å². The van der Waals surface area contributed by atoms with Gasteiger partial charge in [-0.1, -0.05) is 48.5 Å². The molecule has 1 aliphatic heterocycles. The Bertz CT molecular complexity index is 635. The Morgan fingerprint density at radius 3 is 2.57 bits per heavy atom. The third kappa shape index (κ3) is 2.50. The first-order valence-electron chi connectivity index (χ1n) is 8.01. The average Bonchev–Trinajstić information content (AvgIpc) is 2.71. The fraction of sp³-hybridized carbons (Fsp3) is 0.368. The van der Waals surface area contributed by atoms with Crippen LogP contribution < -0.4 is 10.6 Å². The molecule has 0 bridgehead atoms. The average molecular weight is 278 g/mol. The summed E-state index contributed by atoms with van der Waals surface area (Å²) in [5, 5.41) is 7.35. The summed E-state index contributed by atoms with van der Waals surface area (Å²) in [5.41, 5.74) is 6.01. The summed E-state index contributed by atoms with van der Waals surface area (Å²) in [6.07, 6.45) is 2.40. The van der Waals surface area contributed by atoms with Gasteiger partial charge in [0.05, 0.1) is 0 Å². The fourth-order valence-corrected chi connectivity index (χ4v) is 3.70. The maximum absolute atomic E-state index is 3.82. The van der Waals surface area contributed by atoms with Crippen LogP contribution in [0.1, 0.15) is 40.6 Å². The zero-order valence-electron chi connectivity index (χ0n) is 12.3. The van der Waals surface area contributed by atoms with E-state index < -0.39 is 0 Å². The Kier molecular flexibility index (Phi) is 3.50. The molecular formula is C19H22N2. The number of nitrogens with one attached hydrogen (secondary N) is 2. The minimum absolute atomic E-state index is 0.490. The third-order valence-electron chi connectivity index (χ3n) is 4.93. The van der Waals surface area contributed by atoms with Gasteiger partial charge < -0.3 is 10.6 Å². The van der Waals surface area contributed by atoms with Crippen LogP contribution in [-0.2, 0) is 13.0 Å². The summed E-state index contributed by atoms with van der Waals surface area (Å²) in [7, 11) is 0. The number of fused-ring (bicyclic) bond motifs is 2. The van der Waals surface area contributed by atoms with E-state index in [1.54, 1.807) is 5.56 Å². The molecule has 2 aromatic carbocycles. The second-order valence-corrected chi connectivity index (χ2v) is 6.22. The van der Waals surface area contributed by atoms with Crippen molar-refractivity contribution in [2.75, 3.05) is 13.1 Å². The van der Waals surface area contributed by atoms with Crippen LogP contribution in [0.3, 0.4) is 0 Å². The standard InChI is InChI=1S/C19H22N2/c1-3-7-17-14(5-1)11-16(17)13-21-19-9-10-20-12-15-6-2-4-8-18(15)19/h1-8,16,19-21H,9-13H2. The quantitative estimate of drug-likeness (QED) is 0.901. The first kappa shape index (κ1) is 13.1. The zero-order chi connectivity index (χ0) is 14.1. The van der Waals surface area contributed by atoms with E-state index in [4.69, 9.17) is 0 Å². The molecule has 0 amide bonds. The highest BCUT2D eigenvalue weighted by Gasteiger charge is 2.26. The highest BCUT2D eigenvalue weighted by Crippen LogP contribution is 2.35. The Morgan fingerprint density at radius 2 is 1.71 bits per heavy atom. The predicted molar refractivity (Wildman–Crippen MR) is 86.4 cm³/mol. The van der Waals surface area contributed by atoms with Gasteiger partial charge in [0.15, 0.2) is 0 Å². The molecule has 21 heavy (non-hydrogen) atoms. The van der Waals surface area contributed by atoms with Crippen LogP contribution in [0.25, 0.3) is 0 Å². The number of rotatable bonds is 3. The fourth-order valence-electron chi connectivity index (χ4n) is 3.70. The van der Waals surface area contributed by atoms with Crippen LogP contribution in [0.5, 0.6) is 0 Å². The van der Waals surface area contributed by atoms with Gasteiger partial charge in [-0.25, -0.2) is 0 Å². The zero-order valence-corrected chi connectivity index (χ0v) is 12.3. The normalized spacial score (nSPS) is 23.6. The Morgan fingerprint density at radius 1 is 0.952 bits per heavy atom. The molecule has 0 spiro atoms. The van der Waals surface area contributed by atoms with Crippen molar-refractivity contribution in [1.29, 1.82) is 0 Å². The Labute approximate surface area is 126 Å². The van der Waals surface area contributed by atoms with Crippen LogP contribution in [0.2, 0.25) is 0 Å². The minimum atomic E-state index is 0.490. The smallest absolute Gasteiger partial charge is 0.0335 e. The molecule has 0 saturated heterocycles. The number of hydrogen-bond acceptors (Lipinski definition) is 2. The van der Waals surface area contributed by atoms with Gasteiger partial charge in [-0.2, -0.15) is 0 Å². The molecule has 0 fully saturated rings. The van der Waals surface area contributed by atoms with E-state index in [1.807, 2.05) is 0 Å². The largest absolute Gasteiger partial charge is 0.313 e. The van der Waals surface area contributed by atoms with Gasteiger partial charge in [0.1, 0.15) is 0 Å². The van der Waals surface area contributed by atoms with Crippen molar-refractivity contribution in [3.05, 3.63) is 70.8 Å². The second-order valence-electron chi connectivity index (χ2n) is 6.22. The second kappa shape index (κ2) is 5.63. The Balaban J connectivity index is 1.46. The van der Waals surface area contributed by atoms with E-state index in [2.05, 4.69) is 59.2 Å². The topological polar surface area (TPSA) is 24.1 Å². The summed E-state index contributed by atoms with van der Waals surface area (Å²) < 4.78 is 0. The molecule has 2 heteroatoms. The van der Waals surface area contributed by atoms with Crippen LogP contribution in [0.4, 0.5) is 0 Å². The third-order valence-corrected chi connectivity index (χ3v) is 4.93. The first-order valence-corrected chi connectivity index (χ1v) is 8.01. The van der Waals surface area contributed by atoms with Crippen LogP contribution in [-0.4, -0.2) is 13.1 Å². The molecule has 108 valence electrons. The van der Waals surface area contributed by atoms with Gasteiger partial charge in [0.2, 0.25) is 0 Å². The van der Waals surface area contributed by atoms with Crippen molar-refractivity contribution in [1.82, 2.24) is 10.6 Å². The van der Waals surface area contributed by atoms with Crippen LogP contribution >= 0.6 is 0 Å². The van der Waals surface area contributed by atoms with Crippen molar-refractivity contribution < 1.29 is 0 Å². The Hall–Kier alpha value is -1.64. The summed E-state index contributed by atoms with van der Waals surface area (Å²) >= 11 is 0. The van der Waals surface area contributed by atoms with Crippen LogP contribution in [0, 0.1) is 0 Å². The monoisotopic (exact) mass is 278 g/mol. The highest BCUT2D eigenvalue weighted by molar-refractivity contribution is 5.40. The minimum Gasteiger partial charge on any atom is -0.313 e. The van der Waals surface area contributed by atoms with E-state index in [-0.39, 0.29) is 0 Å². The molecule has 4 rings (SSSR count).